The molecule has 0 unspecified atom stereocenters. The number of methoxy groups -OCH3 is 10. The SMILES string of the molecule is CC(C)(C)CCOCCOCCN.CCCOCCOCCOCCOCCOC.COCCOCC(C)(C)C.COCCOCC(C)(C)C.COCCOCC(C)(C)C.COCCOCCC(C)(C)C.COCCOCCC(C)(C)C.COCCOCCC(C)(C)C.COCCOCCOCC(C)(C)C.COCCOCCOCCC(C)(C)C.COCCOCCOCCOCC(C)(C)C. The van der Waals surface area contributed by atoms with E-state index in [1.165, 1.54) is 0 Å². The molecule has 30 nitrogen and oxygen atoms in total. The molecule has 0 radical (unpaired) electrons. The fourth-order valence-electron chi connectivity index (χ4n) is 7.81. The van der Waals surface area contributed by atoms with Gasteiger partial charge in [0.15, 0.2) is 0 Å². The number of hydrogen-bond acceptors (Lipinski definition) is 30. The molecule has 0 aliphatic rings. The minimum absolute atomic E-state index is 0.225. The van der Waals surface area contributed by atoms with Crippen LogP contribution in [0, 0.1) is 54.1 Å². The summed E-state index contributed by atoms with van der Waals surface area (Å²) in [6.45, 7) is 101. The monoisotopic (exact) mass is 1990 g/mol. The predicted molar refractivity (Wildman–Crippen MR) is 561 cm³/mol. The van der Waals surface area contributed by atoms with Gasteiger partial charge in [0.25, 0.3) is 0 Å². The Morgan fingerprint density at radius 1 is 0.125 bits per heavy atom. The first-order valence-electron chi connectivity index (χ1n) is 50.1. The Morgan fingerprint density at radius 2 is 0.228 bits per heavy atom. The molecule has 0 aliphatic carbocycles. The minimum atomic E-state index is 0.225. The minimum Gasteiger partial charge on any atom is -0.382 e. The molecular formula is C106H235NO29. The average Bonchev–Trinajstić information content (AvgIpc) is 1.04. The molecule has 2 N–H and O–H groups in total. The first-order chi connectivity index (χ1) is 63.5. The molecule has 30 heteroatoms. The fraction of sp³-hybridized carbons (Fsp3) is 1.00. The van der Waals surface area contributed by atoms with Crippen molar-refractivity contribution in [1.29, 1.82) is 0 Å². The largest absolute Gasteiger partial charge is 0.382 e. The average molecular weight is 1990 g/mol. The topological polar surface area (TPSA) is 294 Å². The van der Waals surface area contributed by atoms with Gasteiger partial charge in [-0.25, -0.2) is 0 Å². The lowest BCUT2D eigenvalue weighted by Gasteiger charge is -2.17. The van der Waals surface area contributed by atoms with Gasteiger partial charge in [0.05, 0.1) is 277 Å². The maximum Gasteiger partial charge on any atom is 0.0701 e. The van der Waals surface area contributed by atoms with Crippen LogP contribution < -0.4 is 5.73 Å². The molecule has 0 bridgehead atoms. The molecule has 0 aromatic heterocycles. The molecule has 0 heterocycles. The van der Waals surface area contributed by atoms with Crippen LogP contribution in [0.5, 0.6) is 0 Å². The van der Waals surface area contributed by atoms with Gasteiger partial charge >= 0.3 is 0 Å². The summed E-state index contributed by atoms with van der Waals surface area (Å²) in [5, 5.41) is 0. The molecule has 0 rings (SSSR count). The van der Waals surface area contributed by atoms with E-state index < -0.39 is 0 Å². The van der Waals surface area contributed by atoms with Crippen LogP contribution >= 0.6 is 0 Å². The lowest BCUT2D eigenvalue weighted by molar-refractivity contribution is -0.00769. The van der Waals surface area contributed by atoms with E-state index in [1.807, 2.05) is 0 Å². The standard InChI is InChI=1S/C12H26O5.C12H26O4.C11H24O3.C10H23NO2.C10H22O3.3C9H20O2.3C8H18O2/c1-3-4-14-7-8-16-11-12-17-10-9-15-6-5-13-2;1-12(2,3)11-16-10-9-15-8-7-14-6-5-13-4;1-11(2,3)5-6-13-9-10-14-8-7-12-4;1-10(2,3)4-6-12-8-9-13-7-5-11;1-10(2,3)9-13-8-7-12-6-5-11-4;3*1-9(2,3)5-6-11-8-7-10-4;3*1-8(2,3)7-10-6-5-9-4/h3-12H2,1-2H3;5-11H2,1-4H3;5-10H2,1-4H3;4-9,11H2,1-3H3;5-9H2,1-4H3;3*5-8H2,1-4H3;3*5-7H2,1-4H3. The van der Waals surface area contributed by atoms with Gasteiger partial charge < -0.3 is 143 Å². The number of rotatable bonds is 73. The van der Waals surface area contributed by atoms with Crippen molar-refractivity contribution in [2.45, 2.75) is 253 Å². The second-order valence-corrected chi connectivity index (χ2v) is 43.9. The lowest BCUT2D eigenvalue weighted by Crippen LogP contribution is -2.17. The summed E-state index contributed by atoms with van der Waals surface area (Å²) in [6, 6.07) is 0. The Bertz CT molecular complexity index is 1930. The second kappa shape index (κ2) is 116. The molecule has 0 saturated heterocycles. The van der Waals surface area contributed by atoms with E-state index in [0.29, 0.717) is 278 Å². The summed E-state index contributed by atoms with van der Waals surface area (Å²) >= 11 is 0. The van der Waals surface area contributed by atoms with Crippen molar-refractivity contribution in [2.75, 3.05) is 395 Å². The van der Waals surface area contributed by atoms with E-state index in [2.05, 4.69) is 215 Å². The van der Waals surface area contributed by atoms with Crippen molar-refractivity contribution in [3.8, 4) is 0 Å². The van der Waals surface area contributed by atoms with Gasteiger partial charge in [0, 0.05) is 117 Å². The summed E-state index contributed by atoms with van der Waals surface area (Å²) < 4.78 is 149. The highest BCUT2D eigenvalue weighted by Gasteiger charge is 2.16. The Balaban J connectivity index is -0.000000141. The summed E-state index contributed by atoms with van der Waals surface area (Å²) in [5.41, 5.74) is 8.41. The van der Waals surface area contributed by atoms with Crippen LogP contribution in [0.25, 0.3) is 0 Å². The molecule has 0 amide bonds. The quantitative estimate of drug-likeness (QED) is 0.0553. The highest BCUT2D eigenvalue weighted by Crippen LogP contribution is 2.22. The molecule has 0 atom stereocenters. The van der Waals surface area contributed by atoms with E-state index in [-0.39, 0.29) is 27.1 Å². The highest BCUT2D eigenvalue weighted by molar-refractivity contribution is 4.66. The molecule has 0 saturated carbocycles. The van der Waals surface area contributed by atoms with Crippen molar-refractivity contribution < 1.29 is 137 Å². The number of hydrogen-bond donors (Lipinski definition) is 1. The predicted octanol–water partition coefficient (Wildman–Crippen LogP) is 19.4. The smallest absolute Gasteiger partial charge is 0.0701 e. The zero-order valence-corrected chi connectivity index (χ0v) is 97.3. The molecule has 136 heavy (non-hydrogen) atoms. The van der Waals surface area contributed by atoms with E-state index in [9.17, 15) is 0 Å². The second-order valence-electron chi connectivity index (χ2n) is 43.9. The van der Waals surface area contributed by atoms with Gasteiger partial charge in [-0.1, -0.05) is 215 Å². The summed E-state index contributed by atoms with van der Waals surface area (Å²) in [5.74, 6) is 0. The van der Waals surface area contributed by atoms with Gasteiger partial charge in [-0.3, -0.25) is 0 Å². The van der Waals surface area contributed by atoms with Crippen LogP contribution in [0.1, 0.15) is 253 Å². The van der Waals surface area contributed by atoms with Crippen molar-refractivity contribution >= 4 is 0 Å². The van der Waals surface area contributed by atoms with Gasteiger partial charge in [-0.2, -0.15) is 0 Å². The molecular weight excluding hydrogens is 1750 g/mol. The fourth-order valence-corrected chi connectivity index (χ4v) is 7.81. The molecule has 0 fully saturated rings. The van der Waals surface area contributed by atoms with E-state index in [1.54, 1.807) is 71.1 Å². The maximum atomic E-state index is 5.46. The van der Waals surface area contributed by atoms with Gasteiger partial charge in [0.1, 0.15) is 0 Å². The zero-order chi connectivity index (χ0) is 106. The number of ether oxygens (including phenoxy) is 29. The maximum absolute atomic E-state index is 5.46. The zero-order valence-electron chi connectivity index (χ0n) is 97.3. The molecule has 838 valence electrons. The molecule has 0 aliphatic heterocycles. The van der Waals surface area contributed by atoms with Crippen LogP contribution in [-0.4, -0.2) is 395 Å². The highest BCUT2D eigenvalue weighted by atomic mass is 16.6. The summed E-state index contributed by atoms with van der Waals surface area (Å²) in [4.78, 5) is 0. The summed E-state index contributed by atoms with van der Waals surface area (Å²) in [6.07, 6.45) is 6.55. The van der Waals surface area contributed by atoms with Crippen molar-refractivity contribution in [2.24, 2.45) is 59.9 Å². The Morgan fingerprint density at radius 3 is 0.338 bits per heavy atom. The van der Waals surface area contributed by atoms with Crippen molar-refractivity contribution in [3.63, 3.8) is 0 Å². The van der Waals surface area contributed by atoms with Crippen LogP contribution in [-0.2, 0) is 137 Å². The van der Waals surface area contributed by atoms with Crippen LogP contribution in [0.4, 0.5) is 0 Å². The van der Waals surface area contributed by atoms with Gasteiger partial charge in [-0.05, 0) is 92.7 Å². The van der Waals surface area contributed by atoms with Crippen molar-refractivity contribution in [1.82, 2.24) is 0 Å². The van der Waals surface area contributed by atoms with Gasteiger partial charge in [0.2, 0.25) is 0 Å². The Kier molecular flexibility index (Phi) is 134. The van der Waals surface area contributed by atoms with Crippen LogP contribution in [0.2, 0.25) is 0 Å². The van der Waals surface area contributed by atoms with E-state index in [4.69, 9.17) is 143 Å². The molecule has 0 aromatic rings. The van der Waals surface area contributed by atoms with Gasteiger partial charge in [-0.15, -0.1) is 0 Å². The molecule has 0 spiro atoms. The van der Waals surface area contributed by atoms with E-state index in [0.717, 1.165) is 111 Å². The summed E-state index contributed by atoms with van der Waals surface area (Å²) in [7, 11) is 16.8. The Labute approximate surface area is 841 Å². The molecule has 0 aromatic carbocycles. The van der Waals surface area contributed by atoms with E-state index >= 15 is 0 Å². The third-order valence-electron chi connectivity index (χ3n) is 15.6. The normalized spacial score (nSPS) is 11.9. The van der Waals surface area contributed by atoms with Crippen molar-refractivity contribution in [3.05, 3.63) is 0 Å². The third-order valence-corrected chi connectivity index (χ3v) is 15.6. The number of nitrogens with two attached hydrogens (primary N) is 1. The Hall–Kier alpha value is -1.20. The van der Waals surface area contributed by atoms with Crippen LogP contribution in [0.3, 0.4) is 0 Å². The van der Waals surface area contributed by atoms with Crippen LogP contribution in [0.15, 0.2) is 0 Å². The first kappa shape index (κ1) is 157. The third kappa shape index (κ3) is 223. The first-order valence-corrected chi connectivity index (χ1v) is 50.1. The lowest BCUT2D eigenvalue weighted by atomic mass is 9.93.